The van der Waals surface area contributed by atoms with Crippen LogP contribution in [-0.4, -0.2) is 16.1 Å². The molecule has 68 valence electrons. The summed E-state index contributed by atoms with van der Waals surface area (Å²) in [5.74, 6) is -0.784. The Bertz CT molecular complexity index is 303. The third-order valence-electron chi connectivity index (χ3n) is 1.68. The molecule has 0 fully saturated rings. The number of carboxylic acid groups (broad SMARTS) is 1. The zero-order valence-corrected chi connectivity index (χ0v) is 7.23. The van der Waals surface area contributed by atoms with Crippen LogP contribution in [-0.2, 0) is 11.2 Å². The number of pyridine rings is 1. The highest BCUT2D eigenvalue weighted by Gasteiger charge is 1.98. The predicted octanol–water partition coefficient (Wildman–Crippen LogP) is 1.74. The van der Waals surface area contributed by atoms with Gasteiger partial charge >= 0.3 is 5.97 Å². The molecule has 13 heavy (non-hydrogen) atoms. The van der Waals surface area contributed by atoms with Crippen LogP contribution in [0.3, 0.4) is 0 Å². The Hall–Kier alpha value is -1.64. The summed E-state index contributed by atoms with van der Waals surface area (Å²) in [6.07, 6.45) is 4.01. The van der Waals surface area contributed by atoms with Gasteiger partial charge in [0.1, 0.15) is 0 Å². The summed E-state index contributed by atoms with van der Waals surface area (Å²) in [5, 5.41) is 8.44. The molecule has 0 spiro atoms. The van der Waals surface area contributed by atoms with Crippen LogP contribution >= 0.6 is 0 Å². The van der Waals surface area contributed by atoms with E-state index in [4.69, 9.17) is 5.11 Å². The molecule has 0 atom stereocenters. The first-order valence-corrected chi connectivity index (χ1v) is 4.01. The van der Waals surface area contributed by atoms with Gasteiger partial charge in [0.2, 0.25) is 0 Å². The molecule has 0 saturated carbocycles. The van der Waals surface area contributed by atoms with E-state index in [-0.39, 0.29) is 6.42 Å². The fourth-order valence-electron chi connectivity index (χ4n) is 0.956. The normalized spacial score (nSPS) is 9.54. The second-order valence-corrected chi connectivity index (χ2v) is 2.69. The van der Waals surface area contributed by atoms with Crippen molar-refractivity contribution in [1.29, 1.82) is 0 Å². The van der Waals surface area contributed by atoms with Crippen molar-refractivity contribution in [3.05, 3.63) is 36.2 Å². The van der Waals surface area contributed by atoms with Crippen molar-refractivity contribution in [3.63, 3.8) is 0 Å². The summed E-state index contributed by atoms with van der Waals surface area (Å²) in [6.45, 7) is 3.58. The van der Waals surface area contributed by atoms with Crippen LogP contribution in [0.2, 0.25) is 0 Å². The summed E-state index contributed by atoms with van der Waals surface area (Å²) in [6, 6.07) is 3.69. The standard InChI is InChI=1S/C10H11NO2/c1-2-9-5-3-8(7-11-9)4-6-10(12)13/h2-3,5,7H,1,4,6H2,(H,12,13). The van der Waals surface area contributed by atoms with Gasteiger partial charge in [-0.15, -0.1) is 0 Å². The number of nitrogens with zero attached hydrogens (tertiary/aromatic N) is 1. The molecule has 3 nitrogen and oxygen atoms in total. The van der Waals surface area contributed by atoms with Gasteiger partial charge in [0.15, 0.2) is 0 Å². The Labute approximate surface area is 76.7 Å². The van der Waals surface area contributed by atoms with Gasteiger partial charge in [0.25, 0.3) is 0 Å². The van der Waals surface area contributed by atoms with Crippen LogP contribution in [0.15, 0.2) is 24.9 Å². The quantitative estimate of drug-likeness (QED) is 0.762. The van der Waals surface area contributed by atoms with Crippen molar-refractivity contribution in [1.82, 2.24) is 4.98 Å². The molecule has 0 aliphatic heterocycles. The smallest absolute Gasteiger partial charge is 0.303 e. The minimum absolute atomic E-state index is 0.148. The van der Waals surface area contributed by atoms with E-state index in [1.165, 1.54) is 0 Å². The number of aliphatic carboxylic acids is 1. The van der Waals surface area contributed by atoms with E-state index >= 15 is 0 Å². The van der Waals surface area contributed by atoms with Crippen LogP contribution in [0.1, 0.15) is 17.7 Å². The van der Waals surface area contributed by atoms with Crippen LogP contribution in [0.25, 0.3) is 6.08 Å². The SMILES string of the molecule is C=Cc1ccc(CCC(=O)O)cn1. The minimum atomic E-state index is -0.784. The first-order chi connectivity index (χ1) is 6.22. The molecule has 0 amide bonds. The number of aromatic nitrogens is 1. The molecule has 0 radical (unpaired) electrons. The average Bonchev–Trinajstić information content (AvgIpc) is 2.15. The summed E-state index contributed by atoms with van der Waals surface area (Å²) in [4.78, 5) is 14.3. The Morgan fingerprint density at radius 1 is 1.62 bits per heavy atom. The van der Waals surface area contributed by atoms with Crippen molar-refractivity contribution in [2.45, 2.75) is 12.8 Å². The third kappa shape index (κ3) is 3.07. The zero-order chi connectivity index (χ0) is 9.68. The molecule has 1 N–H and O–H groups in total. The number of hydrogen-bond acceptors (Lipinski definition) is 2. The van der Waals surface area contributed by atoms with Crippen LogP contribution in [0.4, 0.5) is 0 Å². The van der Waals surface area contributed by atoms with Gasteiger partial charge < -0.3 is 5.11 Å². The Morgan fingerprint density at radius 2 is 2.38 bits per heavy atom. The molecule has 1 aromatic heterocycles. The Kier molecular flexibility index (Phi) is 3.20. The van der Waals surface area contributed by atoms with E-state index in [1.54, 1.807) is 12.3 Å². The maximum atomic E-state index is 10.3. The molecule has 0 unspecified atom stereocenters. The molecule has 1 rings (SSSR count). The number of rotatable bonds is 4. The highest BCUT2D eigenvalue weighted by Crippen LogP contribution is 2.03. The monoisotopic (exact) mass is 177 g/mol. The minimum Gasteiger partial charge on any atom is -0.481 e. The second kappa shape index (κ2) is 4.40. The van der Waals surface area contributed by atoms with Gasteiger partial charge in [-0.3, -0.25) is 9.78 Å². The lowest BCUT2D eigenvalue weighted by atomic mass is 10.1. The van der Waals surface area contributed by atoms with Crippen LogP contribution in [0, 0.1) is 0 Å². The van der Waals surface area contributed by atoms with E-state index in [0.717, 1.165) is 11.3 Å². The van der Waals surface area contributed by atoms with Gasteiger partial charge in [-0.25, -0.2) is 0 Å². The number of carbonyl (C=O) groups is 1. The van der Waals surface area contributed by atoms with Gasteiger partial charge in [0.05, 0.1) is 5.69 Å². The maximum Gasteiger partial charge on any atom is 0.303 e. The molecule has 0 aliphatic carbocycles. The topological polar surface area (TPSA) is 50.2 Å². The Balaban J connectivity index is 2.59. The summed E-state index contributed by atoms with van der Waals surface area (Å²) >= 11 is 0. The van der Waals surface area contributed by atoms with Gasteiger partial charge in [-0.2, -0.15) is 0 Å². The fraction of sp³-hybridized carbons (Fsp3) is 0.200. The van der Waals surface area contributed by atoms with Gasteiger partial charge in [0, 0.05) is 12.6 Å². The highest BCUT2D eigenvalue weighted by atomic mass is 16.4. The van der Waals surface area contributed by atoms with Gasteiger partial charge in [-0.1, -0.05) is 12.6 Å². The molecule has 0 saturated heterocycles. The Morgan fingerprint density at radius 3 is 2.85 bits per heavy atom. The fourth-order valence-corrected chi connectivity index (χ4v) is 0.956. The first-order valence-electron chi connectivity index (χ1n) is 4.01. The molecular weight excluding hydrogens is 166 g/mol. The van der Waals surface area contributed by atoms with Crippen LogP contribution < -0.4 is 0 Å². The largest absolute Gasteiger partial charge is 0.481 e. The van der Waals surface area contributed by atoms with Crippen molar-refractivity contribution in [2.75, 3.05) is 0 Å². The number of carboxylic acids is 1. The lowest BCUT2D eigenvalue weighted by Gasteiger charge is -1.97. The van der Waals surface area contributed by atoms with E-state index in [1.807, 2.05) is 12.1 Å². The predicted molar refractivity (Wildman–Crippen MR) is 50.3 cm³/mol. The highest BCUT2D eigenvalue weighted by molar-refractivity contribution is 5.67. The molecule has 0 aliphatic rings. The van der Waals surface area contributed by atoms with E-state index in [9.17, 15) is 4.79 Å². The van der Waals surface area contributed by atoms with Crippen molar-refractivity contribution in [3.8, 4) is 0 Å². The lowest BCUT2D eigenvalue weighted by molar-refractivity contribution is -0.136. The van der Waals surface area contributed by atoms with E-state index in [0.29, 0.717) is 6.42 Å². The van der Waals surface area contributed by atoms with Crippen molar-refractivity contribution >= 4 is 12.0 Å². The average molecular weight is 177 g/mol. The second-order valence-electron chi connectivity index (χ2n) is 2.69. The summed E-state index contributed by atoms with van der Waals surface area (Å²) < 4.78 is 0. The summed E-state index contributed by atoms with van der Waals surface area (Å²) in [7, 11) is 0. The van der Waals surface area contributed by atoms with Crippen molar-refractivity contribution in [2.24, 2.45) is 0 Å². The van der Waals surface area contributed by atoms with Gasteiger partial charge in [-0.05, 0) is 24.1 Å². The van der Waals surface area contributed by atoms with E-state index < -0.39 is 5.97 Å². The molecule has 1 aromatic rings. The molecule has 3 heteroatoms. The molecule has 0 aromatic carbocycles. The maximum absolute atomic E-state index is 10.3. The third-order valence-corrected chi connectivity index (χ3v) is 1.68. The van der Waals surface area contributed by atoms with Crippen molar-refractivity contribution < 1.29 is 9.90 Å². The zero-order valence-electron chi connectivity index (χ0n) is 7.23. The molecule has 0 bridgehead atoms. The summed E-state index contributed by atoms with van der Waals surface area (Å²) in [5.41, 5.74) is 1.74. The number of hydrogen-bond donors (Lipinski definition) is 1. The number of aryl methyl sites for hydroxylation is 1. The van der Waals surface area contributed by atoms with Crippen LogP contribution in [0.5, 0.6) is 0 Å². The first kappa shape index (κ1) is 9.45. The molecular formula is C10H11NO2. The van der Waals surface area contributed by atoms with E-state index in [2.05, 4.69) is 11.6 Å². The molecule has 1 heterocycles. The lowest BCUT2D eigenvalue weighted by Crippen LogP contribution is -1.97.